The van der Waals surface area contributed by atoms with Crippen molar-refractivity contribution in [2.45, 2.75) is 25.4 Å². The summed E-state index contributed by atoms with van der Waals surface area (Å²) >= 11 is 5.91. The lowest BCUT2D eigenvalue weighted by Crippen LogP contribution is -2.63. The van der Waals surface area contributed by atoms with Crippen molar-refractivity contribution >= 4 is 23.2 Å². The molecule has 0 radical (unpaired) electrons. The molecule has 7 heteroatoms. The summed E-state index contributed by atoms with van der Waals surface area (Å²) in [6, 6.07) is 4.12. The van der Waals surface area contributed by atoms with Crippen LogP contribution >= 0.6 is 11.6 Å². The Kier molecular flexibility index (Phi) is 3.96. The van der Waals surface area contributed by atoms with Crippen molar-refractivity contribution in [3.63, 3.8) is 0 Å². The molecule has 0 spiro atoms. The van der Waals surface area contributed by atoms with E-state index in [-0.39, 0.29) is 29.4 Å². The highest BCUT2D eigenvalue weighted by Gasteiger charge is 2.44. The van der Waals surface area contributed by atoms with Crippen LogP contribution in [0.25, 0.3) is 0 Å². The van der Waals surface area contributed by atoms with Crippen LogP contribution in [0.3, 0.4) is 0 Å². The van der Waals surface area contributed by atoms with E-state index < -0.39 is 16.4 Å². The number of rotatable bonds is 4. The monoisotopic (exact) mass is 298 g/mol. The molecule has 2 rings (SSSR count). The molecule has 1 amide bonds. The summed E-state index contributed by atoms with van der Waals surface area (Å²) in [5, 5.41) is 21.1. The fraction of sp³-hybridized carbons (Fsp3) is 0.462. The van der Waals surface area contributed by atoms with Gasteiger partial charge >= 0.3 is 0 Å². The molecule has 0 bridgehead atoms. The van der Waals surface area contributed by atoms with Crippen LogP contribution in [0.5, 0.6) is 0 Å². The van der Waals surface area contributed by atoms with Gasteiger partial charge in [-0.05, 0) is 12.5 Å². The molecule has 0 unspecified atom stereocenters. The van der Waals surface area contributed by atoms with Crippen molar-refractivity contribution in [1.82, 2.24) is 4.90 Å². The highest BCUT2D eigenvalue weighted by Crippen LogP contribution is 2.32. The minimum absolute atomic E-state index is 0.0510. The lowest BCUT2D eigenvalue weighted by molar-refractivity contribution is -0.385. The zero-order chi connectivity index (χ0) is 14.9. The number of β-amino-alcohol motifs (C(OH)–C–C–N with tert-alkyl or cyclic N) is 1. The molecular formula is C13H15ClN2O4. The highest BCUT2D eigenvalue weighted by molar-refractivity contribution is 6.34. The van der Waals surface area contributed by atoms with Crippen LogP contribution in [0.2, 0.25) is 5.02 Å². The maximum absolute atomic E-state index is 12.3. The molecule has 1 heterocycles. The Bertz CT molecular complexity index is 555. The number of halogens is 1. The van der Waals surface area contributed by atoms with Crippen LogP contribution in [-0.2, 0) is 0 Å². The standard InChI is InChI=1S/C13H15ClN2O4/c1-2-6-13(18)7-15(8-13)12(17)11-9(14)4-3-5-10(11)16(19)20/h3-5,18H,2,6-8H2,1H3. The first-order chi connectivity index (χ1) is 9.38. The number of hydrogen-bond acceptors (Lipinski definition) is 4. The van der Waals surface area contributed by atoms with E-state index in [1.54, 1.807) is 0 Å². The van der Waals surface area contributed by atoms with Gasteiger partial charge in [0.15, 0.2) is 0 Å². The number of nitro benzene ring substituents is 1. The molecule has 0 aromatic heterocycles. The number of aliphatic hydroxyl groups is 1. The van der Waals surface area contributed by atoms with Gasteiger partial charge in [0.05, 0.1) is 28.6 Å². The predicted octanol–water partition coefficient (Wildman–Crippen LogP) is 2.24. The highest BCUT2D eigenvalue weighted by atomic mass is 35.5. The number of nitrogens with zero attached hydrogens (tertiary/aromatic N) is 2. The summed E-state index contributed by atoms with van der Waals surface area (Å²) in [6.07, 6.45) is 1.41. The summed E-state index contributed by atoms with van der Waals surface area (Å²) in [4.78, 5) is 24.0. The molecule has 0 atom stereocenters. The third-order valence-corrected chi connectivity index (χ3v) is 3.69. The van der Waals surface area contributed by atoms with Gasteiger partial charge in [-0.1, -0.05) is 31.0 Å². The van der Waals surface area contributed by atoms with Crippen LogP contribution in [0.1, 0.15) is 30.1 Å². The molecule has 20 heavy (non-hydrogen) atoms. The van der Waals surface area contributed by atoms with E-state index in [1.165, 1.54) is 23.1 Å². The maximum Gasteiger partial charge on any atom is 0.283 e. The number of nitro groups is 1. The lowest BCUT2D eigenvalue weighted by atomic mass is 9.88. The quantitative estimate of drug-likeness (QED) is 0.682. The SMILES string of the molecule is CCCC1(O)CN(C(=O)c2c(Cl)cccc2[N+](=O)[O-])C1. The van der Waals surface area contributed by atoms with E-state index in [1.807, 2.05) is 6.92 Å². The van der Waals surface area contributed by atoms with Gasteiger partial charge in [-0.3, -0.25) is 14.9 Å². The number of carbonyl (C=O) groups excluding carboxylic acids is 1. The first-order valence-electron chi connectivity index (χ1n) is 6.32. The minimum Gasteiger partial charge on any atom is -0.386 e. The Balaban J connectivity index is 2.22. The third-order valence-electron chi connectivity index (χ3n) is 3.38. The first kappa shape index (κ1) is 14.7. The molecule has 1 N–H and O–H groups in total. The van der Waals surface area contributed by atoms with Gasteiger partial charge in [0.1, 0.15) is 5.56 Å². The van der Waals surface area contributed by atoms with Gasteiger partial charge in [-0.2, -0.15) is 0 Å². The molecule has 108 valence electrons. The fourth-order valence-corrected chi connectivity index (χ4v) is 2.72. The second kappa shape index (κ2) is 5.38. The van der Waals surface area contributed by atoms with Crippen LogP contribution in [0, 0.1) is 10.1 Å². The van der Waals surface area contributed by atoms with Gasteiger partial charge in [0.2, 0.25) is 0 Å². The normalized spacial score (nSPS) is 16.6. The molecular weight excluding hydrogens is 284 g/mol. The molecule has 1 fully saturated rings. The fourth-order valence-electron chi connectivity index (χ4n) is 2.47. The van der Waals surface area contributed by atoms with Crippen molar-refractivity contribution in [2.24, 2.45) is 0 Å². The molecule has 0 saturated carbocycles. The van der Waals surface area contributed by atoms with Gasteiger partial charge in [0.25, 0.3) is 11.6 Å². The van der Waals surface area contributed by atoms with Gasteiger partial charge in [0, 0.05) is 6.07 Å². The number of likely N-dealkylation sites (tertiary alicyclic amines) is 1. The molecule has 0 aliphatic carbocycles. The van der Waals surface area contributed by atoms with Crippen molar-refractivity contribution < 1.29 is 14.8 Å². The van der Waals surface area contributed by atoms with E-state index in [0.717, 1.165) is 6.42 Å². The van der Waals surface area contributed by atoms with Gasteiger partial charge in [-0.15, -0.1) is 0 Å². The number of hydrogen-bond donors (Lipinski definition) is 1. The predicted molar refractivity (Wildman–Crippen MR) is 73.9 cm³/mol. The number of carbonyl (C=O) groups is 1. The largest absolute Gasteiger partial charge is 0.386 e. The molecule has 1 aromatic carbocycles. The van der Waals surface area contributed by atoms with Crippen molar-refractivity contribution in [1.29, 1.82) is 0 Å². The molecule has 1 aliphatic heterocycles. The summed E-state index contributed by atoms with van der Waals surface area (Å²) < 4.78 is 0. The molecule has 1 saturated heterocycles. The average molecular weight is 299 g/mol. The van der Waals surface area contributed by atoms with E-state index >= 15 is 0 Å². The number of amides is 1. The van der Waals surface area contributed by atoms with E-state index in [0.29, 0.717) is 6.42 Å². The summed E-state index contributed by atoms with van der Waals surface area (Å²) in [5.41, 5.74) is -1.30. The summed E-state index contributed by atoms with van der Waals surface area (Å²) in [7, 11) is 0. The maximum atomic E-state index is 12.3. The summed E-state index contributed by atoms with van der Waals surface area (Å²) in [6.45, 7) is 2.31. The van der Waals surface area contributed by atoms with Crippen LogP contribution in [-0.4, -0.2) is 39.5 Å². The average Bonchev–Trinajstić information content (AvgIpc) is 2.34. The molecule has 6 nitrogen and oxygen atoms in total. The van der Waals surface area contributed by atoms with E-state index in [4.69, 9.17) is 11.6 Å². The molecule has 1 aromatic rings. The Morgan fingerprint density at radius 2 is 2.20 bits per heavy atom. The zero-order valence-electron chi connectivity index (χ0n) is 11.0. The minimum atomic E-state index is -0.875. The Labute approximate surface area is 121 Å². The van der Waals surface area contributed by atoms with Crippen LogP contribution in [0.4, 0.5) is 5.69 Å². The van der Waals surface area contributed by atoms with Crippen molar-refractivity contribution in [3.8, 4) is 0 Å². The Hall–Kier alpha value is -1.66. The van der Waals surface area contributed by atoms with Crippen LogP contribution in [0.15, 0.2) is 18.2 Å². The lowest BCUT2D eigenvalue weighted by Gasteiger charge is -2.46. The van der Waals surface area contributed by atoms with E-state index in [9.17, 15) is 20.0 Å². The van der Waals surface area contributed by atoms with Crippen molar-refractivity contribution in [2.75, 3.05) is 13.1 Å². The number of benzene rings is 1. The first-order valence-corrected chi connectivity index (χ1v) is 6.70. The second-order valence-electron chi connectivity index (χ2n) is 5.03. The van der Waals surface area contributed by atoms with E-state index in [2.05, 4.69) is 0 Å². The van der Waals surface area contributed by atoms with Gasteiger partial charge in [-0.25, -0.2) is 0 Å². The third kappa shape index (κ3) is 2.62. The Morgan fingerprint density at radius 1 is 1.55 bits per heavy atom. The Morgan fingerprint density at radius 3 is 2.75 bits per heavy atom. The second-order valence-corrected chi connectivity index (χ2v) is 5.43. The summed E-state index contributed by atoms with van der Waals surface area (Å²) in [5.74, 6) is -0.511. The van der Waals surface area contributed by atoms with Gasteiger partial charge < -0.3 is 10.0 Å². The smallest absolute Gasteiger partial charge is 0.283 e. The van der Waals surface area contributed by atoms with Crippen molar-refractivity contribution in [3.05, 3.63) is 38.9 Å². The topological polar surface area (TPSA) is 83.7 Å². The zero-order valence-corrected chi connectivity index (χ0v) is 11.8. The van der Waals surface area contributed by atoms with Crippen LogP contribution < -0.4 is 0 Å². The molecule has 1 aliphatic rings.